The van der Waals surface area contributed by atoms with Gasteiger partial charge >= 0.3 is 18.2 Å². The van der Waals surface area contributed by atoms with Crippen molar-refractivity contribution in [2.45, 2.75) is 38.8 Å². The van der Waals surface area contributed by atoms with E-state index in [4.69, 9.17) is 19.3 Å². The molecular formula is C25H31N3O8. The summed E-state index contributed by atoms with van der Waals surface area (Å²) in [6, 6.07) is 11.3. The van der Waals surface area contributed by atoms with E-state index in [0.29, 0.717) is 16.9 Å². The summed E-state index contributed by atoms with van der Waals surface area (Å²) in [6.07, 6.45) is -1.27. The fraction of sp³-hybridized carbons (Fsp3) is 0.360. The average molecular weight is 502 g/mol. The van der Waals surface area contributed by atoms with Crippen LogP contribution >= 0.6 is 0 Å². The summed E-state index contributed by atoms with van der Waals surface area (Å²) in [6.45, 7) is 5.52. The monoisotopic (exact) mass is 501 g/mol. The van der Waals surface area contributed by atoms with Crippen LogP contribution < -0.4 is 16.0 Å². The molecule has 194 valence electrons. The molecule has 0 spiro atoms. The number of ether oxygens (including phenoxy) is 3. The molecule has 2 aromatic rings. The third kappa shape index (κ3) is 10.0. The van der Waals surface area contributed by atoms with Gasteiger partial charge in [0.1, 0.15) is 18.2 Å². The van der Waals surface area contributed by atoms with Crippen LogP contribution in [0.2, 0.25) is 0 Å². The van der Waals surface area contributed by atoms with Gasteiger partial charge in [-0.25, -0.2) is 14.4 Å². The van der Waals surface area contributed by atoms with Crippen LogP contribution in [0, 0.1) is 0 Å². The molecule has 0 aliphatic heterocycles. The molecule has 0 radical (unpaired) electrons. The van der Waals surface area contributed by atoms with Crippen LogP contribution in [-0.4, -0.2) is 61.1 Å². The molecule has 0 saturated heterocycles. The number of alkyl carbamates (subject to hydrolysis) is 1. The van der Waals surface area contributed by atoms with Gasteiger partial charge in [0.2, 0.25) is 5.91 Å². The number of methoxy groups -OCH3 is 1. The minimum atomic E-state index is -1.08. The zero-order valence-corrected chi connectivity index (χ0v) is 20.6. The van der Waals surface area contributed by atoms with Gasteiger partial charge < -0.3 is 30.0 Å². The number of nitrogens with one attached hydrogen (secondary N) is 3. The zero-order chi connectivity index (χ0) is 26.7. The van der Waals surface area contributed by atoms with E-state index in [-0.39, 0.29) is 25.2 Å². The first-order valence-corrected chi connectivity index (χ1v) is 11.1. The van der Waals surface area contributed by atoms with Gasteiger partial charge in [-0.3, -0.25) is 10.1 Å². The van der Waals surface area contributed by atoms with Gasteiger partial charge in [0.25, 0.3) is 0 Å². The third-order valence-electron chi connectivity index (χ3n) is 4.57. The van der Waals surface area contributed by atoms with Crippen molar-refractivity contribution < 1.29 is 38.5 Å². The van der Waals surface area contributed by atoms with Crippen LogP contribution in [0.15, 0.2) is 48.5 Å². The summed E-state index contributed by atoms with van der Waals surface area (Å²) in [5, 5.41) is 16.9. The molecule has 0 saturated carbocycles. The average Bonchev–Trinajstić information content (AvgIpc) is 2.79. The van der Waals surface area contributed by atoms with E-state index in [1.54, 1.807) is 45.0 Å². The maximum atomic E-state index is 13.0. The minimum Gasteiger partial charge on any atom is -0.478 e. The number of benzene rings is 2. The van der Waals surface area contributed by atoms with E-state index in [1.807, 2.05) is 0 Å². The Morgan fingerprint density at radius 2 is 1.44 bits per heavy atom. The number of carbonyl (C=O) groups excluding carboxylic acids is 3. The quantitative estimate of drug-likeness (QED) is 0.360. The molecule has 1 unspecified atom stereocenters. The van der Waals surface area contributed by atoms with Crippen LogP contribution in [0.1, 0.15) is 36.7 Å². The summed E-state index contributed by atoms with van der Waals surface area (Å²) in [4.78, 5) is 48.2. The topological polar surface area (TPSA) is 152 Å². The van der Waals surface area contributed by atoms with Crippen molar-refractivity contribution in [1.29, 1.82) is 0 Å². The van der Waals surface area contributed by atoms with Crippen LogP contribution in [0.25, 0.3) is 0 Å². The minimum absolute atomic E-state index is 0.0766. The third-order valence-corrected chi connectivity index (χ3v) is 4.57. The van der Waals surface area contributed by atoms with E-state index in [2.05, 4.69) is 16.0 Å². The Balaban J connectivity index is 2.10. The Morgan fingerprint density at radius 3 is 2.00 bits per heavy atom. The molecule has 0 fully saturated rings. The standard InChI is InChI=1S/C25H31N3O8/c1-25(2,3)36-24(33)28-20(21(29)26-18-11-7-17(8-12-18)22(30)31)15-16-5-9-19(10-6-16)27-23(32)35-14-13-34-4/h5-12,20H,13-15H2,1-4H3,(H,26,29)(H,27,32)(H,28,33)(H,30,31). The zero-order valence-electron chi connectivity index (χ0n) is 20.6. The van der Waals surface area contributed by atoms with E-state index in [9.17, 15) is 19.2 Å². The van der Waals surface area contributed by atoms with Gasteiger partial charge in [-0.2, -0.15) is 0 Å². The fourth-order valence-electron chi connectivity index (χ4n) is 2.92. The molecule has 1 atom stereocenters. The van der Waals surface area contributed by atoms with E-state index < -0.39 is 35.7 Å². The number of aromatic carboxylic acids is 1. The molecule has 0 bridgehead atoms. The fourth-order valence-corrected chi connectivity index (χ4v) is 2.92. The largest absolute Gasteiger partial charge is 0.478 e. The molecule has 11 nitrogen and oxygen atoms in total. The van der Waals surface area contributed by atoms with Gasteiger partial charge in [-0.15, -0.1) is 0 Å². The Hall–Kier alpha value is -4.12. The molecule has 3 amide bonds. The van der Waals surface area contributed by atoms with Crippen molar-refractivity contribution in [2.75, 3.05) is 31.0 Å². The Bertz CT molecular complexity index is 1050. The van der Waals surface area contributed by atoms with Crippen molar-refractivity contribution in [3.63, 3.8) is 0 Å². The maximum absolute atomic E-state index is 13.0. The van der Waals surface area contributed by atoms with E-state index in [0.717, 1.165) is 0 Å². The molecular weight excluding hydrogens is 470 g/mol. The van der Waals surface area contributed by atoms with E-state index >= 15 is 0 Å². The highest BCUT2D eigenvalue weighted by atomic mass is 16.6. The van der Waals surface area contributed by atoms with Crippen LogP contribution in [0.5, 0.6) is 0 Å². The smallest absolute Gasteiger partial charge is 0.411 e. The van der Waals surface area contributed by atoms with Crippen LogP contribution in [0.4, 0.5) is 21.0 Å². The molecule has 36 heavy (non-hydrogen) atoms. The second-order valence-corrected chi connectivity index (χ2v) is 8.73. The molecule has 0 aliphatic rings. The van der Waals surface area contributed by atoms with Crippen molar-refractivity contribution in [3.8, 4) is 0 Å². The van der Waals surface area contributed by atoms with Crippen molar-refractivity contribution in [2.24, 2.45) is 0 Å². The van der Waals surface area contributed by atoms with Gasteiger partial charge in [0.15, 0.2) is 0 Å². The van der Waals surface area contributed by atoms with Gasteiger partial charge in [-0.1, -0.05) is 12.1 Å². The van der Waals surface area contributed by atoms with Crippen molar-refractivity contribution in [3.05, 3.63) is 59.7 Å². The number of carboxylic acids is 1. The normalized spacial score (nSPS) is 11.7. The number of anilines is 2. The Morgan fingerprint density at radius 1 is 0.861 bits per heavy atom. The molecule has 2 aromatic carbocycles. The summed E-state index contributed by atoms with van der Waals surface area (Å²) in [5.74, 6) is -1.61. The number of amides is 3. The van der Waals surface area contributed by atoms with Gasteiger partial charge in [0, 0.05) is 24.9 Å². The highest BCUT2D eigenvalue weighted by molar-refractivity contribution is 5.97. The number of carbonyl (C=O) groups is 4. The molecule has 0 aromatic heterocycles. The maximum Gasteiger partial charge on any atom is 0.411 e. The molecule has 11 heteroatoms. The number of carboxylic acid groups (broad SMARTS) is 1. The Labute approximate surface area is 209 Å². The Kier molecular flexibility index (Phi) is 10.2. The lowest BCUT2D eigenvalue weighted by Crippen LogP contribution is -2.47. The lowest BCUT2D eigenvalue weighted by molar-refractivity contribution is -0.118. The second kappa shape index (κ2) is 13.1. The van der Waals surface area contributed by atoms with Gasteiger partial charge in [-0.05, 0) is 62.7 Å². The first kappa shape index (κ1) is 28.1. The molecule has 2 rings (SSSR count). The number of hydrogen-bond acceptors (Lipinski definition) is 7. The van der Waals surface area contributed by atoms with E-state index in [1.165, 1.54) is 31.4 Å². The first-order chi connectivity index (χ1) is 17.0. The highest BCUT2D eigenvalue weighted by Crippen LogP contribution is 2.15. The SMILES string of the molecule is COCCOC(=O)Nc1ccc(CC(NC(=O)OC(C)(C)C)C(=O)Nc2ccc(C(=O)O)cc2)cc1. The predicted octanol–water partition coefficient (Wildman–Crippen LogP) is 3.65. The number of hydrogen-bond donors (Lipinski definition) is 4. The summed E-state index contributed by atoms with van der Waals surface area (Å²) in [7, 11) is 1.50. The van der Waals surface area contributed by atoms with Gasteiger partial charge in [0.05, 0.1) is 12.2 Å². The van der Waals surface area contributed by atoms with Crippen molar-refractivity contribution >= 4 is 35.4 Å². The van der Waals surface area contributed by atoms with Crippen molar-refractivity contribution in [1.82, 2.24) is 5.32 Å². The second-order valence-electron chi connectivity index (χ2n) is 8.73. The molecule has 0 aliphatic carbocycles. The highest BCUT2D eigenvalue weighted by Gasteiger charge is 2.25. The summed E-state index contributed by atoms with van der Waals surface area (Å²) < 4.78 is 15.1. The lowest BCUT2D eigenvalue weighted by atomic mass is 10.0. The summed E-state index contributed by atoms with van der Waals surface area (Å²) in [5.41, 5.74) is 0.870. The van der Waals surface area contributed by atoms with Crippen LogP contribution in [-0.2, 0) is 25.4 Å². The molecule has 0 heterocycles. The first-order valence-electron chi connectivity index (χ1n) is 11.1. The molecule has 4 N–H and O–H groups in total. The van der Waals surface area contributed by atoms with Crippen LogP contribution in [0.3, 0.4) is 0 Å². The predicted molar refractivity (Wildman–Crippen MR) is 132 cm³/mol. The number of rotatable bonds is 10. The summed E-state index contributed by atoms with van der Waals surface area (Å²) >= 11 is 0. The lowest BCUT2D eigenvalue weighted by Gasteiger charge is -2.23.